The molecule has 2 fully saturated rings. The Bertz CT molecular complexity index is 713. The number of aliphatic carboxylic acids is 1. The Balaban J connectivity index is 2.04. The van der Waals surface area contributed by atoms with Crippen molar-refractivity contribution in [2.24, 2.45) is 5.92 Å². The van der Waals surface area contributed by atoms with E-state index in [0.29, 0.717) is 17.9 Å². The van der Waals surface area contributed by atoms with E-state index >= 15 is 0 Å². The molecule has 2 aliphatic heterocycles. The van der Waals surface area contributed by atoms with Crippen molar-refractivity contribution in [1.82, 2.24) is 9.21 Å². The van der Waals surface area contributed by atoms with Crippen LogP contribution >= 0.6 is 0 Å². The molecule has 2 heterocycles. The van der Waals surface area contributed by atoms with Crippen LogP contribution in [0.4, 0.5) is 0 Å². The number of thiol groups is 1. The molecule has 0 aromatic carbocycles. The molecule has 2 rings (SSSR count). The smallest absolute Gasteiger partial charge is 0.310 e. The zero-order chi connectivity index (χ0) is 19.4. The summed E-state index contributed by atoms with van der Waals surface area (Å²) in [5, 5.41) is 8.87. The first kappa shape index (κ1) is 20.0. The third-order valence-electron chi connectivity index (χ3n) is 4.65. The summed E-state index contributed by atoms with van der Waals surface area (Å²) >= 11 is 0. The second-order valence-electron chi connectivity index (χ2n) is 6.29. The van der Waals surface area contributed by atoms with Crippen LogP contribution in [0.2, 0.25) is 0 Å². The topological polar surface area (TPSA) is 104 Å². The lowest BCUT2D eigenvalue weighted by molar-refractivity contribution is -0.153. The predicted molar refractivity (Wildman–Crippen MR) is 95.5 cm³/mol. The number of carbonyl (C=O) groups excluding carboxylic acids is 1. The number of carbonyl (C=O) groups is 2. The average Bonchev–Trinajstić information content (AvgIpc) is 2.52. The highest BCUT2D eigenvalue weighted by Crippen LogP contribution is 2.32. The molecule has 8 nitrogen and oxygen atoms in total. The van der Waals surface area contributed by atoms with Crippen molar-refractivity contribution in [2.75, 3.05) is 13.1 Å². The van der Waals surface area contributed by atoms with Gasteiger partial charge in [0, 0.05) is 19.5 Å². The second-order valence-corrected chi connectivity index (χ2v) is 7.20. The first-order valence-corrected chi connectivity index (χ1v) is 9.53. The van der Waals surface area contributed by atoms with E-state index in [4.69, 9.17) is 9.84 Å². The van der Waals surface area contributed by atoms with Gasteiger partial charge in [-0.3, -0.25) is 13.9 Å². The third-order valence-corrected chi connectivity index (χ3v) is 5.58. The maximum atomic E-state index is 12.2. The molecular formula is C17H24N2O6S. The SMILES string of the molecule is C=C/C=C1/OC(CCC(=O)N2CC(C(=O)O)C2)[C@@H](C)N([SH](=O)=O)/C1=C/C. The third kappa shape index (κ3) is 4.09. The number of rotatable bonds is 6. The van der Waals surface area contributed by atoms with Gasteiger partial charge in [-0.2, -0.15) is 0 Å². The number of amides is 1. The number of likely N-dealkylation sites (tertiary alicyclic amines) is 1. The maximum absolute atomic E-state index is 12.2. The summed E-state index contributed by atoms with van der Waals surface area (Å²) in [6.07, 6.45) is 4.77. The minimum Gasteiger partial charge on any atom is -0.486 e. The van der Waals surface area contributed by atoms with Gasteiger partial charge in [-0.25, -0.2) is 8.42 Å². The minimum atomic E-state index is -2.86. The van der Waals surface area contributed by atoms with Crippen LogP contribution in [0.25, 0.3) is 0 Å². The summed E-state index contributed by atoms with van der Waals surface area (Å²) < 4.78 is 30.6. The van der Waals surface area contributed by atoms with E-state index in [2.05, 4.69) is 6.58 Å². The molecule has 144 valence electrons. The van der Waals surface area contributed by atoms with Crippen molar-refractivity contribution >= 4 is 22.8 Å². The fraction of sp³-hybridized carbons (Fsp3) is 0.529. The van der Waals surface area contributed by atoms with Crippen LogP contribution in [0, 0.1) is 5.92 Å². The maximum Gasteiger partial charge on any atom is 0.310 e. The van der Waals surface area contributed by atoms with Crippen molar-refractivity contribution in [3.63, 3.8) is 0 Å². The number of nitrogens with zero attached hydrogens (tertiary/aromatic N) is 2. The van der Waals surface area contributed by atoms with E-state index in [9.17, 15) is 18.0 Å². The van der Waals surface area contributed by atoms with Crippen molar-refractivity contribution in [1.29, 1.82) is 0 Å². The molecule has 1 N–H and O–H groups in total. The van der Waals surface area contributed by atoms with Crippen LogP contribution < -0.4 is 0 Å². The van der Waals surface area contributed by atoms with Crippen molar-refractivity contribution in [3.05, 3.63) is 36.3 Å². The van der Waals surface area contributed by atoms with Crippen molar-refractivity contribution in [3.8, 4) is 0 Å². The van der Waals surface area contributed by atoms with E-state index in [1.807, 2.05) is 0 Å². The Hall–Kier alpha value is -2.29. The van der Waals surface area contributed by atoms with Gasteiger partial charge in [0.15, 0.2) is 0 Å². The average molecular weight is 384 g/mol. The number of morpholine rings is 1. The van der Waals surface area contributed by atoms with E-state index < -0.39 is 34.9 Å². The van der Waals surface area contributed by atoms with Crippen molar-refractivity contribution in [2.45, 2.75) is 38.8 Å². The fourth-order valence-electron chi connectivity index (χ4n) is 3.12. The molecule has 1 amide bonds. The summed E-state index contributed by atoms with van der Waals surface area (Å²) in [6, 6.07) is -0.458. The Morgan fingerprint density at radius 2 is 2.04 bits per heavy atom. The lowest BCUT2D eigenvalue weighted by atomic mass is 9.98. The van der Waals surface area contributed by atoms with Gasteiger partial charge in [-0.1, -0.05) is 18.7 Å². The number of carboxylic acid groups (broad SMARTS) is 1. The molecule has 2 aliphatic rings. The standard InChI is InChI=1S/C17H24N2O6S/c1-4-6-15-13(5-2)19(26(23)24)11(3)14(25-15)7-8-16(20)18-9-12(10-18)17(21)22/h4-6,11-12,14,26H,1,7-10H2,2-3H3,(H,21,22)/b13-5+,15-6+/t11-,14?/m1/s1. The number of hydrogen-bond acceptors (Lipinski definition) is 5. The Kier molecular flexibility index (Phi) is 6.47. The zero-order valence-corrected chi connectivity index (χ0v) is 15.7. The molecule has 0 bridgehead atoms. The summed E-state index contributed by atoms with van der Waals surface area (Å²) in [5.41, 5.74) is 0.447. The molecule has 1 unspecified atom stereocenters. The van der Waals surface area contributed by atoms with Gasteiger partial charge < -0.3 is 14.7 Å². The lowest BCUT2D eigenvalue weighted by Gasteiger charge is -2.41. The molecule has 2 saturated heterocycles. The Morgan fingerprint density at radius 1 is 1.38 bits per heavy atom. The van der Waals surface area contributed by atoms with Gasteiger partial charge >= 0.3 is 5.97 Å². The second kappa shape index (κ2) is 8.39. The summed E-state index contributed by atoms with van der Waals surface area (Å²) in [7, 11) is -2.86. The molecule has 0 aliphatic carbocycles. The van der Waals surface area contributed by atoms with Gasteiger partial charge in [-0.15, -0.1) is 0 Å². The molecular weight excluding hydrogens is 360 g/mol. The Labute approximate surface area is 154 Å². The molecule has 26 heavy (non-hydrogen) atoms. The predicted octanol–water partition coefficient (Wildman–Crippen LogP) is 0.899. The van der Waals surface area contributed by atoms with Crippen LogP contribution in [0.15, 0.2) is 36.3 Å². The minimum absolute atomic E-state index is 0.151. The van der Waals surface area contributed by atoms with Gasteiger partial charge in [0.05, 0.1) is 17.7 Å². The van der Waals surface area contributed by atoms with Crippen LogP contribution in [0.3, 0.4) is 0 Å². The summed E-state index contributed by atoms with van der Waals surface area (Å²) in [4.78, 5) is 24.5. The molecule has 2 atom stereocenters. The van der Waals surface area contributed by atoms with Gasteiger partial charge in [0.25, 0.3) is 0 Å². The zero-order valence-electron chi connectivity index (χ0n) is 14.8. The summed E-state index contributed by atoms with van der Waals surface area (Å²) in [5.74, 6) is -1.15. The molecule has 0 radical (unpaired) electrons. The van der Waals surface area contributed by atoms with Gasteiger partial charge in [-0.05, 0) is 26.3 Å². The molecule has 0 aromatic rings. The first-order chi connectivity index (χ1) is 12.3. The van der Waals surface area contributed by atoms with Gasteiger partial charge in [0.1, 0.15) is 11.9 Å². The molecule has 0 spiro atoms. The number of hydrogen-bond donors (Lipinski definition) is 2. The lowest BCUT2D eigenvalue weighted by Crippen LogP contribution is -2.53. The van der Waals surface area contributed by atoms with Crippen molar-refractivity contribution < 1.29 is 27.9 Å². The highest BCUT2D eigenvalue weighted by atomic mass is 32.2. The van der Waals surface area contributed by atoms with E-state index in [0.717, 1.165) is 0 Å². The van der Waals surface area contributed by atoms with Gasteiger partial charge in [0.2, 0.25) is 16.8 Å². The van der Waals surface area contributed by atoms with Crippen LogP contribution in [0.5, 0.6) is 0 Å². The normalized spacial score (nSPS) is 26.7. The molecule has 0 aromatic heterocycles. The quantitative estimate of drug-likeness (QED) is 0.660. The first-order valence-electron chi connectivity index (χ1n) is 8.40. The van der Waals surface area contributed by atoms with E-state index in [1.165, 1.54) is 15.3 Å². The number of carboxylic acids is 1. The molecule has 9 heteroatoms. The van der Waals surface area contributed by atoms with Crippen LogP contribution in [-0.4, -0.2) is 59.8 Å². The number of ether oxygens (including phenoxy) is 1. The largest absolute Gasteiger partial charge is 0.486 e. The monoisotopic (exact) mass is 384 g/mol. The summed E-state index contributed by atoms with van der Waals surface area (Å²) in [6.45, 7) is 7.51. The highest BCUT2D eigenvalue weighted by Gasteiger charge is 2.38. The fourth-order valence-corrected chi connectivity index (χ4v) is 3.95. The Morgan fingerprint density at radius 3 is 2.54 bits per heavy atom. The van der Waals surface area contributed by atoms with Crippen LogP contribution in [-0.2, 0) is 25.2 Å². The van der Waals surface area contributed by atoms with E-state index in [-0.39, 0.29) is 25.4 Å². The molecule has 0 saturated carbocycles. The van der Waals surface area contributed by atoms with Crippen LogP contribution in [0.1, 0.15) is 26.7 Å². The number of allylic oxidation sites excluding steroid dienone is 3. The highest BCUT2D eigenvalue weighted by molar-refractivity contribution is 7.70. The van der Waals surface area contributed by atoms with E-state index in [1.54, 1.807) is 26.0 Å².